The molecule has 11 nitrogen and oxygen atoms in total. The Balaban J connectivity index is 0.000000210. The van der Waals surface area contributed by atoms with Gasteiger partial charge in [-0.15, -0.1) is 0 Å². The Labute approximate surface area is 309 Å². The fraction of sp³-hybridized carbons (Fsp3) is 0.658. The van der Waals surface area contributed by atoms with Crippen molar-refractivity contribution in [2.75, 3.05) is 65.7 Å². The Kier molecular flexibility index (Phi) is 16.8. The third kappa shape index (κ3) is 12.1. The van der Waals surface area contributed by atoms with E-state index in [0.717, 1.165) is 86.2 Å². The van der Waals surface area contributed by atoms with Gasteiger partial charge in [-0.05, 0) is 93.7 Å². The maximum atomic E-state index is 12.7. The topological polar surface area (TPSA) is 117 Å². The van der Waals surface area contributed by atoms with E-state index < -0.39 is 0 Å². The van der Waals surface area contributed by atoms with Crippen molar-refractivity contribution in [2.24, 2.45) is 5.73 Å². The molecular formula is C38H60N4O7P2. The molecule has 4 heterocycles. The predicted molar refractivity (Wildman–Crippen MR) is 207 cm³/mol. The summed E-state index contributed by atoms with van der Waals surface area (Å²) in [6.07, 6.45) is 10.8. The number of nitrogens with two attached hydrogens (primary N) is 1. The van der Waals surface area contributed by atoms with Crippen LogP contribution in [-0.2, 0) is 13.8 Å². The number of amides is 1. The van der Waals surface area contributed by atoms with Gasteiger partial charge in [-0.3, -0.25) is 4.79 Å². The van der Waals surface area contributed by atoms with Crippen molar-refractivity contribution < 1.29 is 32.8 Å². The standard InChI is InChI=1S/C23H37N2O4P.C15H23N2O3P/c1-2-3-4-5-6-9-22(26)24-19(17-25-12-7-8-13-25)23(29-30)18-10-11-20-21(16-18)28-15-14-27-20;16-12(10-17-5-1-2-6-17)15(20-21)11-3-4-13-14(9-11)19-8-7-18-13/h10-11,16,19,23H,2-9,12-15,17,30H2,1H3,(H,24,26);3-4,9,12,15H,1-2,5-8,10,16,21H2/t19-,23-;12-,15-/m11/s1. The number of fused-ring (bicyclic) bond motifs is 2. The highest BCUT2D eigenvalue weighted by Crippen LogP contribution is 2.37. The molecule has 4 aliphatic heterocycles. The van der Waals surface area contributed by atoms with E-state index in [1.807, 2.05) is 36.4 Å². The van der Waals surface area contributed by atoms with Gasteiger partial charge < -0.3 is 48.8 Å². The number of carbonyl (C=O) groups excluding carboxylic acids is 1. The van der Waals surface area contributed by atoms with Crippen molar-refractivity contribution in [1.82, 2.24) is 15.1 Å². The van der Waals surface area contributed by atoms with Crippen molar-refractivity contribution in [3.63, 3.8) is 0 Å². The molecule has 0 spiro atoms. The summed E-state index contributed by atoms with van der Waals surface area (Å²) in [5.74, 6) is 3.19. The lowest BCUT2D eigenvalue weighted by Gasteiger charge is -2.31. The maximum absolute atomic E-state index is 12.7. The van der Waals surface area contributed by atoms with E-state index >= 15 is 0 Å². The zero-order chi connectivity index (χ0) is 35.8. The Bertz CT molecular complexity index is 1350. The van der Waals surface area contributed by atoms with Gasteiger partial charge in [0.05, 0.1) is 6.04 Å². The molecule has 3 N–H and O–H groups in total. The molecule has 6 atom stereocenters. The summed E-state index contributed by atoms with van der Waals surface area (Å²) in [5, 5.41) is 3.27. The number of carbonyl (C=O) groups is 1. The lowest BCUT2D eigenvalue weighted by molar-refractivity contribution is -0.122. The first-order chi connectivity index (χ1) is 25.0. The van der Waals surface area contributed by atoms with Crippen molar-refractivity contribution in [3.05, 3.63) is 47.5 Å². The first-order valence-electron chi connectivity index (χ1n) is 19.0. The molecule has 0 radical (unpaired) electrons. The van der Waals surface area contributed by atoms with E-state index in [0.29, 0.717) is 32.8 Å². The molecule has 4 aliphatic rings. The van der Waals surface area contributed by atoms with Crippen LogP contribution in [0.5, 0.6) is 23.0 Å². The Morgan fingerprint density at radius 3 is 1.75 bits per heavy atom. The lowest BCUT2D eigenvalue weighted by atomic mass is 10.0. The number of hydrogen-bond donors (Lipinski definition) is 2. The molecule has 0 aliphatic carbocycles. The number of ether oxygens (including phenoxy) is 4. The Morgan fingerprint density at radius 2 is 1.22 bits per heavy atom. The average molecular weight is 747 g/mol. The van der Waals surface area contributed by atoms with Crippen LogP contribution in [0.25, 0.3) is 0 Å². The number of unbranched alkanes of at least 4 members (excludes halogenated alkanes) is 4. The molecule has 0 aromatic heterocycles. The third-order valence-corrected chi connectivity index (χ3v) is 10.6. The maximum Gasteiger partial charge on any atom is 0.220 e. The predicted octanol–water partition coefficient (Wildman–Crippen LogP) is 5.98. The summed E-state index contributed by atoms with van der Waals surface area (Å²) in [6, 6.07) is 11.7. The van der Waals surface area contributed by atoms with E-state index in [1.165, 1.54) is 44.9 Å². The van der Waals surface area contributed by atoms with Crippen LogP contribution in [0.2, 0.25) is 0 Å². The zero-order valence-electron chi connectivity index (χ0n) is 30.4. The number of nitrogens with one attached hydrogen (secondary N) is 1. The highest BCUT2D eigenvalue weighted by atomic mass is 31.0. The first-order valence-corrected chi connectivity index (χ1v) is 19.9. The normalized spacial score (nSPS) is 19.5. The van der Waals surface area contributed by atoms with Gasteiger partial charge in [-0.2, -0.15) is 0 Å². The summed E-state index contributed by atoms with van der Waals surface area (Å²) < 4.78 is 34.0. The van der Waals surface area contributed by atoms with Crippen LogP contribution in [-0.4, -0.2) is 93.5 Å². The number of hydrogen-bond acceptors (Lipinski definition) is 10. The summed E-state index contributed by atoms with van der Waals surface area (Å²) in [7, 11) is 4.73. The molecule has 2 saturated heterocycles. The molecule has 51 heavy (non-hydrogen) atoms. The Hall–Kier alpha value is -2.23. The van der Waals surface area contributed by atoms with Gasteiger partial charge >= 0.3 is 0 Å². The van der Waals surface area contributed by atoms with E-state index in [4.69, 9.17) is 33.7 Å². The van der Waals surface area contributed by atoms with Gasteiger partial charge in [0.15, 0.2) is 23.0 Å². The van der Waals surface area contributed by atoms with Gasteiger partial charge in [-0.1, -0.05) is 44.7 Å². The van der Waals surface area contributed by atoms with Crippen LogP contribution in [0.1, 0.15) is 94.5 Å². The molecule has 284 valence electrons. The molecular weight excluding hydrogens is 686 g/mol. The van der Waals surface area contributed by atoms with Crippen LogP contribution in [0.4, 0.5) is 0 Å². The molecule has 2 aromatic rings. The van der Waals surface area contributed by atoms with E-state index in [9.17, 15) is 4.79 Å². The zero-order valence-corrected chi connectivity index (χ0v) is 32.7. The van der Waals surface area contributed by atoms with Gasteiger partial charge in [0, 0.05) is 44.5 Å². The summed E-state index contributed by atoms with van der Waals surface area (Å²) in [6.45, 7) is 10.6. The minimum atomic E-state index is -0.268. The monoisotopic (exact) mass is 746 g/mol. The van der Waals surface area contributed by atoms with E-state index in [1.54, 1.807) is 0 Å². The van der Waals surface area contributed by atoms with E-state index in [2.05, 4.69) is 41.0 Å². The molecule has 0 saturated carbocycles. The number of likely N-dealkylation sites (tertiary alicyclic amines) is 2. The molecule has 2 unspecified atom stereocenters. The summed E-state index contributed by atoms with van der Waals surface area (Å²) in [4.78, 5) is 17.5. The van der Waals surface area contributed by atoms with E-state index in [-0.39, 0.29) is 30.2 Å². The number of benzene rings is 2. The summed E-state index contributed by atoms with van der Waals surface area (Å²) in [5.41, 5.74) is 8.38. The van der Waals surface area contributed by atoms with Crippen LogP contribution in [0.15, 0.2) is 36.4 Å². The number of rotatable bonds is 17. The van der Waals surface area contributed by atoms with Crippen LogP contribution in [0.3, 0.4) is 0 Å². The largest absolute Gasteiger partial charge is 0.486 e. The van der Waals surface area contributed by atoms with Gasteiger partial charge in [0.2, 0.25) is 5.91 Å². The van der Waals surface area contributed by atoms with Crippen LogP contribution >= 0.6 is 18.9 Å². The second kappa shape index (κ2) is 21.5. The van der Waals surface area contributed by atoms with Crippen molar-refractivity contribution >= 4 is 24.8 Å². The fourth-order valence-electron chi connectivity index (χ4n) is 7.29. The molecule has 1 amide bonds. The Morgan fingerprint density at radius 1 is 0.725 bits per heavy atom. The fourth-order valence-corrected chi connectivity index (χ4v) is 8.00. The smallest absolute Gasteiger partial charge is 0.220 e. The van der Waals surface area contributed by atoms with Gasteiger partial charge in [-0.25, -0.2) is 0 Å². The SMILES string of the molecule is CCCCCCCC(=O)N[C@H](CN1CCCC1)[C@H](OP)c1ccc2c(c1)OCCO2.N[C@H](CN1CCCC1)[C@H](OP)c1ccc2c(c1)OCCO2. The molecule has 2 fully saturated rings. The second-order valence-corrected chi connectivity index (χ2v) is 14.5. The minimum Gasteiger partial charge on any atom is -0.486 e. The highest BCUT2D eigenvalue weighted by Gasteiger charge is 2.30. The molecule has 0 bridgehead atoms. The third-order valence-electron chi connectivity index (χ3n) is 10.0. The van der Waals surface area contributed by atoms with Crippen molar-refractivity contribution in [3.8, 4) is 23.0 Å². The molecule has 2 aromatic carbocycles. The minimum absolute atomic E-state index is 0.0665. The van der Waals surface area contributed by atoms with Crippen LogP contribution < -0.4 is 30.0 Å². The van der Waals surface area contributed by atoms with Crippen LogP contribution in [0, 0.1) is 0 Å². The highest BCUT2D eigenvalue weighted by molar-refractivity contribution is 7.10. The van der Waals surface area contributed by atoms with Gasteiger partial charge in [0.25, 0.3) is 0 Å². The lowest BCUT2D eigenvalue weighted by Crippen LogP contribution is -2.46. The number of nitrogens with zero attached hydrogens (tertiary/aromatic N) is 2. The second-order valence-electron chi connectivity index (χ2n) is 13.9. The molecule has 6 rings (SSSR count). The van der Waals surface area contributed by atoms with Crippen molar-refractivity contribution in [2.45, 2.75) is 95.4 Å². The first kappa shape index (κ1) is 40.0. The average Bonchev–Trinajstić information content (AvgIpc) is 3.87. The summed E-state index contributed by atoms with van der Waals surface area (Å²) >= 11 is 0. The molecule has 13 heteroatoms. The van der Waals surface area contributed by atoms with Gasteiger partial charge in [0.1, 0.15) is 38.6 Å². The van der Waals surface area contributed by atoms with Crippen molar-refractivity contribution in [1.29, 1.82) is 0 Å². The quantitative estimate of drug-likeness (QED) is 0.148.